The predicted molar refractivity (Wildman–Crippen MR) is 125 cm³/mol. The third-order valence-corrected chi connectivity index (χ3v) is 8.47. The van der Waals surface area contributed by atoms with Gasteiger partial charge in [-0.15, -0.1) is 0 Å². The molecule has 0 atom stereocenters. The number of hydrogen-bond donors (Lipinski definition) is 0. The Hall–Kier alpha value is -1.37. The van der Waals surface area contributed by atoms with Gasteiger partial charge >= 0.3 is 7.12 Å². The maximum atomic E-state index is 13.5. The lowest BCUT2D eigenvalue weighted by atomic mass is 9.76. The molecule has 1 amide bonds. The van der Waals surface area contributed by atoms with Crippen molar-refractivity contribution in [2.75, 3.05) is 18.0 Å². The number of carbonyl (C=O) groups excluding carboxylic acids is 1. The maximum Gasteiger partial charge on any atom is 0.494 e. The highest BCUT2D eigenvalue weighted by atomic mass is 16.7. The second kappa shape index (κ2) is 6.36. The Kier molecular flexibility index (Phi) is 4.41. The van der Waals surface area contributed by atoms with Crippen LogP contribution < -0.4 is 10.4 Å². The van der Waals surface area contributed by atoms with Crippen molar-refractivity contribution in [1.82, 2.24) is 4.90 Å². The van der Waals surface area contributed by atoms with E-state index in [1.807, 2.05) is 0 Å². The molecule has 1 aromatic carbocycles. The fraction of sp³-hybridized carbons (Fsp3) is 0.720. The van der Waals surface area contributed by atoms with Crippen LogP contribution in [0.15, 0.2) is 18.2 Å². The van der Waals surface area contributed by atoms with Crippen LogP contribution in [0.3, 0.4) is 0 Å². The van der Waals surface area contributed by atoms with Gasteiger partial charge in [-0.25, -0.2) is 0 Å². The molecule has 4 aliphatic rings. The molecule has 2 saturated heterocycles. The summed E-state index contributed by atoms with van der Waals surface area (Å²) in [4.78, 5) is 18.1. The molecule has 31 heavy (non-hydrogen) atoms. The summed E-state index contributed by atoms with van der Waals surface area (Å²) in [5.74, 6) is 0.223. The van der Waals surface area contributed by atoms with Crippen molar-refractivity contribution in [3.8, 4) is 0 Å². The lowest BCUT2D eigenvalue weighted by molar-refractivity contribution is -0.123. The van der Waals surface area contributed by atoms with Gasteiger partial charge in [0, 0.05) is 30.9 Å². The molecule has 1 saturated carbocycles. The summed E-state index contributed by atoms with van der Waals surface area (Å²) in [6, 6.07) is 7.23. The normalized spacial score (nSPS) is 32.6. The highest BCUT2D eigenvalue weighted by Crippen LogP contribution is 2.47. The quantitative estimate of drug-likeness (QED) is 0.697. The third kappa shape index (κ3) is 3.12. The summed E-state index contributed by atoms with van der Waals surface area (Å²) >= 11 is 0. The number of amides is 1. The first-order valence-electron chi connectivity index (χ1n) is 11.8. The van der Waals surface area contributed by atoms with Gasteiger partial charge in [-0.2, -0.15) is 0 Å². The summed E-state index contributed by atoms with van der Waals surface area (Å²) in [5.41, 5.74) is 2.36. The fourth-order valence-corrected chi connectivity index (χ4v) is 5.67. The van der Waals surface area contributed by atoms with Gasteiger partial charge in [0.2, 0.25) is 5.91 Å². The summed E-state index contributed by atoms with van der Waals surface area (Å²) in [6.45, 7) is 19.4. The molecule has 1 aromatic rings. The zero-order valence-electron chi connectivity index (χ0n) is 20.4. The number of carbonyl (C=O) groups is 1. The standard InChI is InChI=1S/C25H37BN2O3/c1-22(2)14-27(15-22)17-12-18(13-17)28-20-11-16(9-10-19(20)23(3,4)21(28)29)26-30-24(5,6)25(7,8)31-26/h9-11,17-18H,12-15H2,1-8H3. The summed E-state index contributed by atoms with van der Waals surface area (Å²) in [5, 5.41) is 0. The molecule has 0 radical (unpaired) electrons. The van der Waals surface area contributed by atoms with E-state index >= 15 is 0 Å². The van der Waals surface area contributed by atoms with E-state index in [-0.39, 0.29) is 23.2 Å². The van der Waals surface area contributed by atoms with E-state index in [1.54, 1.807) is 0 Å². The molecule has 5 nitrogen and oxygen atoms in total. The van der Waals surface area contributed by atoms with Gasteiger partial charge in [0.25, 0.3) is 0 Å². The van der Waals surface area contributed by atoms with Gasteiger partial charge in [0.05, 0.1) is 16.6 Å². The van der Waals surface area contributed by atoms with E-state index in [4.69, 9.17) is 9.31 Å². The number of rotatable bonds is 3. The minimum atomic E-state index is -0.492. The van der Waals surface area contributed by atoms with Gasteiger partial charge in [-0.05, 0) is 76.9 Å². The van der Waals surface area contributed by atoms with E-state index < -0.39 is 12.5 Å². The van der Waals surface area contributed by atoms with Crippen LogP contribution in [0.1, 0.15) is 73.8 Å². The monoisotopic (exact) mass is 424 g/mol. The number of hydrogen-bond acceptors (Lipinski definition) is 4. The second-order valence-corrected chi connectivity index (χ2v) is 12.5. The average molecular weight is 424 g/mol. The average Bonchev–Trinajstić information content (AvgIpc) is 2.92. The first-order chi connectivity index (χ1) is 14.2. The van der Waals surface area contributed by atoms with Crippen molar-refractivity contribution in [1.29, 1.82) is 0 Å². The Morgan fingerprint density at radius 1 is 0.903 bits per heavy atom. The molecule has 0 bridgehead atoms. The minimum absolute atomic E-state index is 0.223. The Labute approximate surface area is 187 Å². The number of anilines is 1. The molecule has 3 heterocycles. The van der Waals surface area contributed by atoms with Crippen molar-refractivity contribution in [3.63, 3.8) is 0 Å². The van der Waals surface area contributed by atoms with Crippen LogP contribution in [0.5, 0.6) is 0 Å². The number of fused-ring (bicyclic) bond motifs is 1. The lowest BCUT2D eigenvalue weighted by Gasteiger charge is -2.55. The van der Waals surface area contributed by atoms with E-state index in [0.29, 0.717) is 11.5 Å². The van der Waals surface area contributed by atoms with E-state index in [1.165, 1.54) is 13.1 Å². The molecule has 168 valence electrons. The predicted octanol–water partition coefficient (Wildman–Crippen LogP) is 3.48. The molecule has 5 rings (SSSR count). The van der Waals surface area contributed by atoms with Crippen molar-refractivity contribution in [2.45, 2.75) is 96.9 Å². The molecule has 1 aliphatic carbocycles. The molecular formula is C25H37BN2O3. The summed E-state index contributed by atoms with van der Waals surface area (Å²) in [7, 11) is -0.409. The van der Waals surface area contributed by atoms with Crippen molar-refractivity contribution < 1.29 is 14.1 Å². The van der Waals surface area contributed by atoms with Crippen LogP contribution >= 0.6 is 0 Å². The number of benzene rings is 1. The van der Waals surface area contributed by atoms with Crippen molar-refractivity contribution >= 4 is 24.2 Å². The zero-order valence-corrected chi connectivity index (χ0v) is 20.4. The molecule has 0 aromatic heterocycles. The van der Waals surface area contributed by atoms with Crippen LogP contribution in [0, 0.1) is 5.41 Å². The Balaban J connectivity index is 1.39. The maximum absolute atomic E-state index is 13.5. The first kappa shape index (κ1) is 21.5. The molecule has 6 heteroatoms. The Bertz CT molecular complexity index is 909. The van der Waals surface area contributed by atoms with Crippen LogP contribution in [0.2, 0.25) is 0 Å². The second-order valence-electron chi connectivity index (χ2n) is 12.5. The van der Waals surface area contributed by atoms with Crippen molar-refractivity contribution in [3.05, 3.63) is 23.8 Å². The smallest absolute Gasteiger partial charge is 0.399 e. The summed E-state index contributed by atoms with van der Waals surface area (Å²) in [6.07, 6.45) is 2.14. The van der Waals surface area contributed by atoms with Crippen LogP contribution in [-0.2, 0) is 19.5 Å². The largest absolute Gasteiger partial charge is 0.494 e. The van der Waals surface area contributed by atoms with E-state index in [2.05, 4.69) is 83.4 Å². The fourth-order valence-electron chi connectivity index (χ4n) is 5.67. The number of nitrogens with zero attached hydrogens (tertiary/aromatic N) is 2. The van der Waals surface area contributed by atoms with Gasteiger partial charge in [0.15, 0.2) is 0 Å². The van der Waals surface area contributed by atoms with E-state index in [0.717, 1.165) is 29.6 Å². The van der Waals surface area contributed by atoms with Gasteiger partial charge in [0.1, 0.15) is 0 Å². The summed E-state index contributed by atoms with van der Waals surface area (Å²) < 4.78 is 12.6. The molecular weight excluding hydrogens is 387 g/mol. The van der Waals surface area contributed by atoms with Crippen LogP contribution in [0.25, 0.3) is 0 Å². The van der Waals surface area contributed by atoms with Gasteiger partial charge in [-0.1, -0.05) is 26.0 Å². The van der Waals surface area contributed by atoms with Gasteiger partial charge in [-0.3, -0.25) is 9.69 Å². The molecule has 3 fully saturated rings. The zero-order chi connectivity index (χ0) is 22.6. The Morgan fingerprint density at radius 2 is 1.48 bits per heavy atom. The molecule has 3 aliphatic heterocycles. The molecule has 0 N–H and O–H groups in total. The van der Waals surface area contributed by atoms with Gasteiger partial charge < -0.3 is 14.2 Å². The van der Waals surface area contributed by atoms with Crippen LogP contribution in [-0.4, -0.2) is 54.3 Å². The first-order valence-corrected chi connectivity index (χ1v) is 11.8. The topological polar surface area (TPSA) is 42.0 Å². The number of likely N-dealkylation sites (tertiary alicyclic amines) is 1. The molecule has 0 spiro atoms. The van der Waals surface area contributed by atoms with Crippen molar-refractivity contribution in [2.24, 2.45) is 5.41 Å². The highest BCUT2D eigenvalue weighted by molar-refractivity contribution is 6.62. The lowest BCUT2D eigenvalue weighted by Crippen LogP contribution is -2.64. The minimum Gasteiger partial charge on any atom is -0.399 e. The third-order valence-electron chi connectivity index (χ3n) is 8.47. The van der Waals surface area contributed by atoms with E-state index in [9.17, 15) is 4.79 Å². The SMILES string of the molecule is CC1(C)CN(C2CC(N3C(=O)C(C)(C)c4ccc(B5OC(C)(C)C(C)(C)O5)cc43)C2)C1. The van der Waals surface area contributed by atoms with Crippen LogP contribution in [0.4, 0.5) is 5.69 Å². The Morgan fingerprint density at radius 3 is 2.03 bits per heavy atom. The molecule has 0 unspecified atom stereocenters. The highest BCUT2D eigenvalue weighted by Gasteiger charge is 2.54.